The minimum absolute atomic E-state index is 0.0850. The molecule has 0 spiro atoms. The van der Waals surface area contributed by atoms with Gasteiger partial charge in [0.25, 0.3) is 11.8 Å². The Kier molecular flexibility index (Phi) is 7.83. The molecule has 5 rings (SSSR count). The Balaban J connectivity index is 1.52. The first kappa shape index (κ1) is 26.4. The highest BCUT2D eigenvalue weighted by Gasteiger charge is 2.29. The third-order valence-corrected chi connectivity index (χ3v) is 7.78. The van der Waals surface area contributed by atoms with E-state index in [-0.39, 0.29) is 17.7 Å². The van der Waals surface area contributed by atoms with Gasteiger partial charge < -0.3 is 20.5 Å². The molecule has 8 heteroatoms. The van der Waals surface area contributed by atoms with E-state index in [1.165, 1.54) is 0 Å². The van der Waals surface area contributed by atoms with Crippen LogP contribution in [0.4, 0.5) is 5.69 Å². The van der Waals surface area contributed by atoms with Crippen LogP contribution >= 0.6 is 15.9 Å². The highest BCUT2D eigenvalue weighted by Crippen LogP contribution is 2.39. The number of anilines is 1. The van der Waals surface area contributed by atoms with Crippen LogP contribution in [0.15, 0.2) is 53.0 Å². The number of aromatic nitrogens is 1. The van der Waals surface area contributed by atoms with Gasteiger partial charge in [0.15, 0.2) is 0 Å². The quantitative estimate of drug-likeness (QED) is 0.345. The second-order valence-corrected chi connectivity index (χ2v) is 11.2. The molecule has 1 fully saturated rings. The minimum Gasteiger partial charge on any atom is -0.357 e. The summed E-state index contributed by atoms with van der Waals surface area (Å²) in [4.78, 5) is 35.0. The lowest BCUT2D eigenvalue weighted by Crippen LogP contribution is -2.46. The van der Waals surface area contributed by atoms with E-state index in [4.69, 9.17) is 0 Å². The van der Waals surface area contributed by atoms with Gasteiger partial charge in [-0.25, -0.2) is 0 Å². The molecule has 1 saturated heterocycles. The molecule has 2 aliphatic heterocycles. The zero-order chi connectivity index (χ0) is 26.8. The van der Waals surface area contributed by atoms with Crippen molar-refractivity contribution in [3.8, 4) is 11.1 Å². The second kappa shape index (κ2) is 11.3. The minimum atomic E-state index is -0.156. The van der Waals surface area contributed by atoms with E-state index >= 15 is 0 Å². The predicted octanol–water partition coefficient (Wildman–Crippen LogP) is 5.04. The average molecular weight is 577 g/mol. The molecule has 198 valence electrons. The standard InChI is InChI=1S/C30H34BrN5O2/c1-19(2)28-27(30(38)32-11-12-36-15-13-35(3)14-16-36)26(20-7-5-4-6-8-20)25(33-28)18-23-22-17-21(31)9-10-24(22)34-29(23)37/h4-10,17-19,33H,11-16H2,1-3H3,(H,32,38)(H,34,37)/b23-18-. The lowest BCUT2D eigenvalue weighted by molar-refractivity contribution is -0.110. The number of halogens is 1. The highest BCUT2D eigenvalue weighted by atomic mass is 79.9. The number of benzene rings is 2. The summed E-state index contributed by atoms with van der Waals surface area (Å²) in [6.45, 7) is 9.69. The van der Waals surface area contributed by atoms with Gasteiger partial charge in [-0.3, -0.25) is 14.5 Å². The fourth-order valence-electron chi connectivity index (χ4n) is 5.16. The molecule has 0 saturated carbocycles. The number of amides is 2. The number of carbonyl (C=O) groups is 2. The molecular formula is C30H34BrN5O2. The van der Waals surface area contributed by atoms with Crippen LogP contribution in [0.2, 0.25) is 0 Å². The number of aromatic amines is 1. The van der Waals surface area contributed by atoms with Crippen LogP contribution in [0.25, 0.3) is 22.8 Å². The van der Waals surface area contributed by atoms with Gasteiger partial charge in [-0.1, -0.05) is 60.1 Å². The number of nitrogens with one attached hydrogen (secondary N) is 3. The fourth-order valence-corrected chi connectivity index (χ4v) is 5.52. The lowest BCUT2D eigenvalue weighted by atomic mass is 9.95. The molecule has 0 atom stereocenters. The number of piperazine rings is 1. The van der Waals surface area contributed by atoms with Crippen molar-refractivity contribution in [1.82, 2.24) is 20.1 Å². The number of rotatable bonds is 7. The topological polar surface area (TPSA) is 80.5 Å². The molecule has 3 aromatic rings. The number of likely N-dealkylation sites (N-methyl/N-ethyl adjacent to an activating group) is 1. The van der Waals surface area contributed by atoms with Crippen molar-refractivity contribution in [3.05, 3.63) is 75.5 Å². The maximum Gasteiger partial charge on any atom is 0.256 e. The first-order valence-corrected chi connectivity index (χ1v) is 13.9. The van der Waals surface area contributed by atoms with Crippen molar-refractivity contribution in [2.75, 3.05) is 51.6 Å². The van der Waals surface area contributed by atoms with Gasteiger partial charge in [-0.2, -0.15) is 0 Å². The van der Waals surface area contributed by atoms with Gasteiger partial charge in [0.05, 0.1) is 11.1 Å². The predicted molar refractivity (Wildman–Crippen MR) is 157 cm³/mol. The zero-order valence-corrected chi connectivity index (χ0v) is 23.7. The number of hydrogen-bond acceptors (Lipinski definition) is 4. The molecule has 3 heterocycles. The molecule has 0 aliphatic carbocycles. The maximum atomic E-state index is 13.8. The normalized spacial score (nSPS) is 17.2. The maximum absolute atomic E-state index is 13.8. The summed E-state index contributed by atoms with van der Waals surface area (Å²) in [5, 5.41) is 6.14. The number of nitrogens with zero attached hydrogens (tertiary/aromatic N) is 2. The van der Waals surface area contributed by atoms with Gasteiger partial charge in [0, 0.05) is 71.9 Å². The summed E-state index contributed by atoms with van der Waals surface area (Å²) in [6, 6.07) is 15.7. The van der Waals surface area contributed by atoms with Crippen molar-refractivity contribution >= 4 is 45.1 Å². The van der Waals surface area contributed by atoms with Crippen molar-refractivity contribution < 1.29 is 9.59 Å². The Hall–Kier alpha value is -3.20. The summed E-state index contributed by atoms with van der Waals surface area (Å²) in [6.07, 6.45) is 1.88. The lowest BCUT2D eigenvalue weighted by Gasteiger charge is -2.32. The van der Waals surface area contributed by atoms with E-state index in [1.54, 1.807) is 0 Å². The molecule has 0 radical (unpaired) electrons. The fraction of sp³-hybridized carbons (Fsp3) is 0.333. The van der Waals surface area contributed by atoms with E-state index in [1.807, 2.05) is 54.6 Å². The monoisotopic (exact) mass is 575 g/mol. The van der Waals surface area contributed by atoms with Crippen molar-refractivity contribution in [2.45, 2.75) is 19.8 Å². The molecular weight excluding hydrogens is 542 g/mol. The van der Waals surface area contributed by atoms with E-state index in [0.717, 1.165) is 71.0 Å². The Labute approximate surface area is 232 Å². The smallest absolute Gasteiger partial charge is 0.256 e. The summed E-state index contributed by atoms with van der Waals surface area (Å²) in [5.41, 5.74) is 6.18. The van der Waals surface area contributed by atoms with Crippen LogP contribution in [-0.2, 0) is 4.79 Å². The van der Waals surface area contributed by atoms with Crippen molar-refractivity contribution in [1.29, 1.82) is 0 Å². The summed E-state index contributed by atoms with van der Waals surface area (Å²) in [7, 11) is 2.14. The van der Waals surface area contributed by atoms with Crippen LogP contribution in [0.1, 0.15) is 47.1 Å². The summed E-state index contributed by atoms with van der Waals surface area (Å²) >= 11 is 3.53. The largest absolute Gasteiger partial charge is 0.357 e. The Morgan fingerprint density at radius 3 is 2.55 bits per heavy atom. The Morgan fingerprint density at radius 1 is 1.11 bits per heavy atom. The van der Waals surface area contributed by atoms with Crippen LogP contribution < -0.4 is 10.6 Å². The summed E-state index contributed by atoms with van der Waals surface area (Å²) in [5.74, 6) is -0.167. The summed E-state index contributed by atoms with van der Waals surface area (Å²) < 4.78 is 0.900. The first-order valence-electron chi connectivity index (χ1n) is 13.1. The highest BCUT2D eigenvalue weighted by molar-refractivity contribution is 9.10. The van der Waals surface area contributed by atoms with E-state index in [2.05, 4.69) is 62.2 Å². The average Bonchev–Trinajstić information content (AvgIpc) is 3.43. The molecule has 0 bridgehead atoms. The molecule has 38 heavy (non-hydrogen) atoms. The van der Waals surface area contributed by atoms with Crippen LogP contribution in [-0.4, -0.2) is 72.9 Å². The molecule has 1 aromatic heterocycles. The van der Waals surface area contributed by atoms with Gasteiger partial charge in [-0.05, 0) is 42.8 Å². The van der Waals surface area contributed by atoms with E-state index < -0.39 is 0 Å². The van der Waals surface area contributed by atoms with Crippen molar-refractivity contribution in [3.63, 3.8) is 0 Å². The third-order valence-electron chi connectivity index (χ3n) is 7.29. The molecule has 2 aliphatic rings. The number of carbonyl (C=O) groups excluding carboxylic acids is 2. The van der Waals surface area contributed by atoms with E-state index in [9.17, 15) is 9.59 Å². The molecule has 3 N–H and O–H groups in total. The number of hydrogen-bond donors (Lipinski definition) is 3. The number of fused-ring (bicyclic) bond motifs is 1. The van der Waals surface area contributed by atoms with Crippen LogP contribution in [0, 0.1) is 0 Å². The Morgan fingerprint density at radius 2 is 1.84 bits per heavy atom. The third kappa shape index (κ3) is 5.48. The molecule has 0 unspecified atom stereocenters. The first-order chi connectivity index (χ1) is 18.3. The number of H-pyrrole nitrogens is 1. The van der Waals surface area contributed by atoms with Gasteiger partial charge in [-0.15, -0.1) is 0 Å². The second-order valence-electron chi connectivity index (χ2n) is 10.3. The molecule has 7 nitrogen and oxygen atoms in total. The van der Waals surface area contributed by atoms with E-state index in [0.29, 0.717) is 17.7 Å². The van der Waals surface area contributed by atoms with Gasteiger partial charge in [0.1, 0.15) is 0 Å². The SMILES string of the molecule is CC(C)c1[nH]c(/C=C2\C(=O)Nc3ccc(Br)cc32)c(-c2ccccc2)c1C(=O)NCCN1CCN(C)CC1. The zero-order valence-electron chi connectivity index (χ0n) is 22.1. The van der Waals surface area contributed by atoms with Crippen LogP contribution in [0.3, 0.4) is 0 Å². The van der Waals surface area contributed by atoms with Crippen LogP contribution in [0.5, 0.6) is 0 Å². The van der Waals surface area contributed by atoms with Gasteiger partial charge in [0.2, 0.25) is 0 Å². The molecule has 2 aromatic carbocycles. The van der Waals surface area contributed by atoms with Gasteiger partial charge >= 0.3 is 0 Å². The molecule has 2 amide bonds. The van der Waals surface area contributed by atoms with Crippen molar-refractivity contribution in [2.24, 2.45) is 0 Å². The Bertz CT molecular complexity index is 1370.